The first-order chi connectivity index (χ1) is 15.8. The summed E-state index contributed by atoms with van der Waals surface area (Å²) in [5, 5.41) is 4.70. The predicted molar refractivity (Wildman–Crippen MR) is 119 cm³/mol. The van der Waals surface area contributed by atoms with Gasteiger partial charge in [-0.25, -0.2) is 17.5 Å². The molecule has 0 atom stereocenters. The van der Waals surface area contributed by atoms with E-state index in [1.807, 2.05) is 29.8 Å². The fourth-order valence-corrected chi connectivity index (χ4v) is 6.28. The molecule has 0 saturated carbocycles. The summed E-state index contributed by atoms with van der Waals surface area (Å²) in [6, 6.07) is 11.0. The van der Waals surface area contributed by atoms with Gasteiger partial charge in [-0.05, 0) is 49.6 Å². The SMILES string of the molecule is Cc1cc2n(n1)C1(CCN(S(=O)(=O)c3ccccc3F)CC1)CC(=O)N2Cc1ccncc1. The number of benzene rings is 1. The zero-order chi connectivity index (χ0) is 23.2. The number of carbonyl (C=O) groups excluding carboxylic acids is 1. The number of piperidine rings is 1. The Hall–Kier alpha value is -3.11. The van der Waals surface area contributed by atoms with Gasteiger partial charge in [-0.15, -0.1) is 0 Å². The summed E-state index contributed by atoms with van der Waals surface area (Å²) in [7, 11) is -3.96. The Balaban J connectivity index is 1.42. The summed E-state index contributed by atoms with van der Waals surface area (Å²) in [6.07, 6.45) is 4.46. The zero-order valence-corrected chi connectivity index (χ0v) is 19.0. The summed E-state index contributed by atoms with van der Waals surface area (Å²) < 4.78 is 43.5. The van der Waals surface area contributed by atoms with Crippen LogP contribution in [0.1, 0.15) is 30.5 Å². The number of fused-ring (bicyclic) bond motifs is 2. The molecular formula is C23H24FN5O3S. The Labute approximate surface area is 191 Å². The monoisotopic (exact) mass is 469 g/mol. The minimum Gasteiger partial charge on any atom is -0.292 e. The average Bonchev–Trinajstić information content (AvgIpc) is 3.20. The van der Waals surface area contributed by atoms with Crippen molar-refractivity contribution in [2.24, 2.45) is 0 Å². The maximum absolute atomic E-state index is 14.2. The molecule has 4 heterocycles. The van der Waals surface area contributed by atoms with Crippen LogP contribution in [-0.2, 0) is 26.9 Å². The molecule has 1 amide bonds. The van der Waals surface area contributed by atoms with Gasteiger partial charge in [0.15, 0.2) is 0 Å². The van der Waals surface area contributed by atoms with Crippen molar-refractivity contribution in [3.63, 3.8) is 0 Å². The van der Waals surface area contributed by atoms with Crippen molar-refractivity contribution in [2.45, 2.75) is 43.2 Å². The molecule has 33 heavy (non-hydrogen) atoms. The van der Waals surface area contributed by atoms with Crippen LogP contribution in [0.4, 0.5) is 10.2 Å². The van der Waals surface area contributed by atoms with Crippen LogP contribution in [0, 0.1) is 12.7 Å². The molecule has 5 rings (SSSR count). The van der Waals surface area contributed by atoms with Gasteiger partial charge in [0.25, 0.3) is 0 Å². The van der Waals surface area contributed by atoms with E-state index in [2.05, 4.69) is 4.98 Å². The Bertz CT molecular complexity index is 1300. The molecule has 0 N–H and O–H groups in total. The van der Waals surface area contributed by atoms with Crippen molar-refractivity contribution < 1.29 is 17.6 Å². The molecule has 2 aliphatic heterocycles. The molecule has 172 valence electrons. The van der Waals surface area contributed by atoms with Gasteiger partial charge in [-0.2, -0.15) is 9.40 Å². The second kappa shape index (κ2) is 8.03. The van der Waals surface area contributed by atoms with E-state index in [1.54, 1.807) is 17.3 Å². The van der Waals surface area contributed by atoms with Gasteiger partial charge in [-0.3, -0.25) is 14.7 Å². The predicted octanol–water partition coefficient (Wildman–Crippen LogP) is 2.84. The molecule has 1 spiro atoms. The van der Waals surface area contributed by atoms with Crippen LogP contribution in [-0.4, -0.2) is 46.5 Å². The standard InChI is InChI=1S/C23H24FN5O3S/c1-17-14-21-28(16-18-6-10-25-11-7-18)22(30)15-23(29(21)26-17)8-12-27(13-9-23)33(31,32)20-5-3-2-4-19(20)24/h2-7,10-11,14H,8-9,12-13,15-16H2,1H3. The van der Waals surface area contributed by atoms with E-state index in [4.69, 9.17) is 5.10 Å². The van der Waals surface area contributed by atoms with Crippen molar-refractivity contribution in [3.8, 4) is 0 Å². The fourth-order valence-electron chi connectivity index (χ4n) is 4.77. The lowest BCUT2D eigenvalue weighted by Gasteiger charge is -2.46. The summed E-state index contributed by atoms with van der Waals surface area (Å²) in [4.78, 5) is 18.7. The van der Waals surface area contributed by atoms with Crippen LogP contribution >= 0.6 is 0 Å². The Kier molecular flexibility index (Phi) is 5.29. The van der Waals surface area contributed by atoms with E-state index in [-0.39, 0.29) is 30.3 Å². The number of aryl methyl sites for hydroxylation is 1. The molecule has 2 aromatic heterocycles. The van der Waals surface area contributed by atoms with Gasteiger partial charge < -0.3 is 0 Å². The number of amides is 1. The highest BCUT2D eigenvalue weighted by Crippen LogP contribution is 2.42. The number of aromatic nitrogens is 3. The Morgan fingerprint density at radius 3 is 2.48 bits per heavy atom. The second-order valence-electron chi connectivity index (χ2n) is 8.63. The number of halogens is 1. The van der Waals surface area contributed by atoms with Gasteiger partial charge in [0, 0.05) is 31.5 Å². The third-order valence-corrected chi connectivity index (χ3v) is 8.45. The number of rotatable bonds is 4. The van der Waals surface area contributed by atoms with E-state index in [0.717, 1.165) is 17.3 Å². The first-order valence-electron chi connectivity index (χ1n) is 10.8. The number of nitrogens with zero attached hydrogens (tertiary/aromatic N) is 5. The van der Waals surface area contributed by atoms with E-state index in [9.17, 15) is 17.6 Å². The smallest absolute Gasteiger partial charge is 0.245 e. The Morgan fingerprint density at radius 2 is 1.79 bits per heavy atom. The third-order valence-electron chi connectivity index (χ3n) is 6.52. The fraction of sp³-hybridized carbons (Fsp3) is 0.348. The number of pyridine rings is 1. The minimum absolute atomic E-state index is 0.0235. The first kappa shape index (κ1) is 21.7. The topological polar surface area (TPSA) is 88.4 Å². The van der Waals surface area contributed by atoms with E-state index >= 15 is 0 Å². The van der Waals surface area contributed by atoms with Crippen LogP contribution in [0.25, 0.3) is 0 Å². The lowest BCUT2D eigenvalue weighted by Crippen LogP contribution is -2.54. The lowest BCUT2D eigenvalue weighted by atomic mass is 9.83. The molecule has 0 bridgehead atoms. The molecule has 0 unspecified atom stereocenters. The normalized spacial score (nSPS) is 18.5. The highest BCUT2D eigenvalue weighted by Gasteiger charge is 2.47. The average molecular weight is 470 g/mol. The van der Waals surface area contributed by atoms with Crippen molar-refractivity contribution in [3.05, 3.63) is 71.9 Å². The molecule has 1 saturated heterocycles. The third kappa shape index (κ3) is 3.72. The lowest BCUT2D eigenvalue weighted by molar-refractivity contribution is -0.122. The second-order valence-corrected chi connectivity index (χ2v) is 10.5. The van der Waals surface area contributed by atoms with Crippen molar-refractivity contribution in [2.75, 3.05) is 18.0 Å². The molecule has 3 aromatic rings. The summed E-state index contributed by atoms with van der Waals surface area (Å²) >= 11 is 0. The van der Waals surface area contributed by atoms with Gasteiger partial charge >= 0.3 is 0 Å². The molecule has 1 aromatic carbocycles. The van der Waals surface area contributed by atoms with Crippen LogP contribution in [0.5, 0.6) is 0 Å². The summed E-state index contributed by atoms with van der Waals surface area (Å²) in [5.41, 5.74) is 1.15. The maximum Gasteiger partial charge on any atom is 0.245 e. The molecule has 1 fully saturated rings. The number of carbonyl (C=O) groups is 1. The summed E-state index contributed by atoms with van der Waals surface area (Å²) in [5.74, 6) is -0.0713. The van der Waals surface area contributed by atoms with E-state index < -0.39 is 21.4 Å². The van der Waals surface area contributed by atoms with Crippen molar-refractivity contribution in [1.82, 2.24) is 19.1 Å². The molecule has 0 radical (unpaired) electrons. The summed E-state index contributed by atoms with van der Waals surface area (Å²) in [6.45, 7) is 2.67. The van der Waals surface area contributed by atoms with Crippen molar-refractivity contribution in [1.29, 1.82) is 0 Å². The van der Waals surface area contributed by atoms with Crippen LogP contribution in [0.15, 0.2) is 59.8 Å². The van der Waals surface area contributed by atoms with E-state index in [1.165, 1.54) is 22.5 Å². The molecular weight excluding hydrogens is 445 g/mol. The largest absolute Gasteiger partial charge is 0.292 e. The number of hydrogen-bond donors (Lipinski definition) is 0. The number of hydrogen-bond acceptors (Lipinski definition) is 5. The Morgan fingerprint density at radius 1 is 1.09 bits per heavy atom. The van der Waals surface area contributed by atoms with E-state index in [0.29, 0.717) is 25.2 Å². The number of anilines is 1. The minimum atomic E-state index is -3.96. The quantitative estimate of drug-likeness (QED) is 0.586. The van der Waals surface area contributed by atoms with Gasteiger partial charge in [0.2, 0.25) is 15.9 Å². The zero-order valence-electron chi connectivity index (χ0n) is 18.2. The molecule has 10 heteroatoms. The van der Waals surface area contributed by atoms with Crippen LogP contribution < -0.4 is 4.90 Å². The maximum atomic E-state index is 14.2. The van der Waals surface area contributed by atoms with Crippen LogP contribution in [0.3, 0.4) is 0 Å². The highest BCUT2D eigenvalue weighted by molar-refractivity contribution is 7.89. The molecule has 0 aliphatic carbocycles. The van der Waals surface area contributed by atoms with Crippen LogP contribution in [0.2, 0.25) is 0 Å². The van der Waals surface area contributed by atoms with Gasteiger partial charge in [0.05, 0.1) is 24.2 Å². The van der Waals surface area contributed by atoms with Gasteiger partial charge in [-0.1, -0.05) is 12.1 Å². The first-order valence-corrected chi connectivity index (χ1v) is 12.3. The highest BCUT2D eigenvalue weighted by atomic mass is 32.2. The van der Waals surface area contributed by atoms with Crippen molar-refractivity contribution >= 4 is 21.7 Å². The molecule has 2 aliphatic rings. The number of sulfonamides is 1. The van der Waals surface area contributed by atoms with Gasteiger partial charge in [0.1, 0.15) is 16.5 Å². The molecule has 8 nitrogen and oxygen atoms in total.